The molecule has 4 rings (SSSR count). The number of Topliss-reactive ketones (excluding diaryl/α,β-unsaturated/α-hetero) is 1. The van der Waals surface area contributed by atoms with Gasteiger partial charge in [-0.1, -0.05) is 25.4 Å². The zero-order valence-electron chi connectivity index (χ0n) is 17.2. The molecule has 1 atom stereocenters. The van der Waals surface area contributed by atoms with Crippen LogP contribution in [-0.4, -0.2) is 10.7 Å². The quantitative estimate of drug-likeness (QED) is 0.382. The molecule has 2 N–H and O–H groups in total. The summed E-state index contributed by atoms with van der Waals surface area (Å²) in [5.74, 6) is -0.476. The normalized spacial score (nSPS) is 20.3. The lowest BCUT2D eigenvalue weighted by Crippen LogP contribution is -2.42. The molecule has 1 aliphatic carbocycles. The van der Waals surface area contributed by atoms with Gasteiger partial charge >= 0.3 is 0 Å². The van der Waals surface area contributed by atoms with Gasteiger partial charge in [0.1, 0.15) is 10.8 Å². The molecule has 1 unspecified atom stereocenters. The highest BCUT2D eigenvalue weighted by atomic mass is 79.9. The Bertz CT molecular complexity index is 1270. The van der Waals surface area contributed by atoms with E-state index in [-0.39, 0.29) is 33.3 Å². The molecule has 2 aliphatic rings. The van der Waals surface area contributed by atoms with E-state index in [1.165, 1.54) is 23.5 Å². The number of nitro benzene ring substituents is 1. The van der Waals surface area contributed by atoms with Gasteiger partial charge in [0.05, 0.1) is 32.0 Å². The minimum atomic E-state index is -0.576. The van der Waals surface area contributed by atoms with Crippen molar-refractivity contribution in [1.29, 1.82) is 5.26 Å². The highest BCUT2D eigenvalue weighted by Crippen LogP contribution is 2.51. The zero-order valence-corrected chi connectivity index (χ0v) is 20.3. The molecule has 1 aromatic carbocycles. The van der Waals surface area contributed by atoms with Crippen molar-refractivity contribution in [3.63, 3.8) is 0 Å². The molecule has 1 aromatic heterocycles. The molecule has 0 amide bonds. The summed E-state index contributed by atoms with van der Waals surface area (Å²) in [6, 6.07) is 10.3. The Morgan fingerprint density at radius 1 is 1.34 bits per heavy atom. The minimum Gasteiger partial charge on any atom is -0.384 e. The van der Waals surface area contributed by atoms with Crippen molar-refractivity contribution in [2.75, 3.05) is 4.90 Å². The van der Waals surface area contributed by atoms with Crippen LogP contribution in [0.1, 0.15) is 37.5 Å². The second-order valence-corrected chi connectivity index (χ2v) is 11.4. The number of anilines is 1. The van der Waals surface area contributed by atoms with Crippen molar-refractivity contribution in [1.82, 2.24) is 0 Å². The Morgan fingerprint density at radius 3 is 2.66 bits per heavy atom. The number of nitro groups is 1. The molecule has 0 saturated heterocycles. The lowest BCUT2D eigenvalue weighted by Gasteiger charge is -2.43. The van der Waals surface area contributed by atoms with Crippen molar-refractivity contribution >= 4 is 56.0 Å². The van der Waals surface area contributed by atoms with E-state index >= 15 is 0 Å². The van der Waals surface area contributed by atoms with Crippen LogP contribution in [0.4, 0.5) is 11.4 Å². The monoisotopic (exact) mass is 532 g/mol. The number of ketones is 1. The second kappa shape index (κ2) is 8.03. The SMILES string of the molecule is CC1(C)CC(=O)C2=C(C1)N(c1ccc(Cl)c([N+](=O)[O-])c1)C(N)=C(C#N)C2c1ccc(Br)s1. The molecule has 1 aliphatic heterocycles. The van der Waals surface area contributed by atoms with Gasteiger partial charge in [-0.2, -0.15) is 5.26 Å². The van der Waals surface area contributed by atoms with Crippen LogP contribution in [0.15, 0.2) is 56.8 Å². The smallest absolute Gasteiger partial charge is 0.289 e. The van der Waals surface area contributed by atoms with E-state index in [1.807, 2.05) is 26.0 Å². The van der Waals surface area contributed by atoms with Gasteiger partial charge in [-0.25, -0.2) is 0 Å². The maximum atomic E-state index is 13.4. The van der Waals surface area contributed by atoms with E-state index in [1.54, 1.807) is 11.0 Å². The summed E-state index contributed by atoms with van der Waals surface area (Å²) in [6.45, 7) is 3.99. The number of carbonyl (C=O) groups is 1. The van der Waals surface area contributed by atoms with Crippen LogP contribution in [0.3, 0.4) is 0 Å². The lowest BCUT2D eigenvalue weighted by atomic mass is 9.69. The number of rotatable bonds is 3. The Morgan fingerprint density at radius 2 is 2.06 bits per heavy atom. The molecular weight excluding hydrogens is 516 g/mol. The van der Waals surface area contributed by atoms with Crippen molar-refractivity contribution < 1.29 is 9.72 Å². The van der Waals surface area contributed by atoms with E-state index < -0.39 is 10.8 Å². The summed E-state index contributed by atoms with van der Waals surface area (Å²) in [7, 11) is 0. The van der Waals surface area contributed by atoms with Crippen molar-refractivity contribution in [2.45, 2.75) is 32.6 Å². The fourth-order valence-electron chi connectivity index (χ4n) is 4.35. The lowest BCUT2D eigenvalue weighted by molar-refractivity contribution is -0.384. The van der Waals surface area contributed by atoms with Gasteiger partial charge in [-0.3, -0.25) is 19.8 Å². The Labute approximate surface area is 202 Å². The first kappa shape index (κ1) is 22.5. The van der Waals surface area contributed by atoms with Gasteiger partial charge < -0.3 is 5.73 Å². The number of hydrogen-bond acceptors (Lipinski definition) is 7. The molecule has 0 bridgehead atoms. The van der Waals surface area contributed by atoms with Gasteiger partial charge in [-0.05, 0) is 52.0 Å². The maximum Gasteiger partial charge on any atom is 0.289 e. The predicted molar refractivity (Wildman–Crippen MR) is 127 cm³/mol. The maximum absolute atomic E-state index is 13.4. The molecule has 0 saturated carbocycles. The molecule has 0 spiro atoms. The van der Waals surface area contributed by atoms with E-state index in [0.717, 1.165) is 8.66 Å². The largest absolute Gasteiger partial charge is 0.384 e. The van der Waals surface area contributed by atoms with Crippen molar-refractivity contribution in [3.05, 3.63) is 76.8 Å². The molecule has 164 valence electrons. The van der Waals surface area contributed by atoms with Crippen LogP contribution in [0, 0.1) is 26.9 Å². The third-order valence-corrected chi connectivity index (χ3v) is 7.65. The van der Waals surface area contributed by atoms with Crippen molar-refractivity contribution in [2.24, 2.45) is 11.1 Å². The second-order valence-electron chi connectivity index (χ2n) is 8.52. The number of halogens is 2. The number of benzene rings is 1. The number of allylic oxidation sites excluding steroid dienone is 3. The summed E-state index contributed by atoms with van der Waals surface area (Å²) in [5, 5.41) is 21.5. The standard InChI is InChI=1S/C22H18BrClN4O3S/c1-22(2)8-15-20(16(29)9-22)19(17-5-6-18(23)32-17)12(10-25)21(26)27(15)11-3-4-13(24)14(7-11)28(30)31/h3-7,19H,8-9,26H2,1-2H3. The number of nitrogens with two attached hydrogens (primary N) is 1. The number of nitriles is 1. The van der Waals surface area contributed by atoms with E-state index in [0.29, 0.717) is 29.8 Å². The molecule has 7 nitrogen and oxygen atoms in total. The molecule has 0 fully saturated rings. The number of nitrogens with zero attached hydrogens (tertiary/aromatic N) is 3. The van der Waals surface area contributed by atoms with E-state index in [2.05, 4.69) is 22.0 Å². The van der Waals surface area contributed by atoms with Gasteiger partial charge in [0.15, 0.2) is 5.78 Å². The van der Waals surface area contributed by atoms with E-state index in [9.17, 15) is 20.2 Å². The topological polar surface area (TPSA) is 113 Å². The molecule has 10 heteroatoms. The Hall–Kier alpha value is -2.67. The first-order valence-corrected chi connectivity index (χ1v) is 11.7. The molecule has 32 heavy (non-hydrogen) atoms. The summed E-state index contributed by atoms with van der Waals surface area (Å²) >= 11 is 10.9. The number of thiophene rings is 1. The van der Waals surface area contributed by atoms with Gasteiger partial charge in [0, 0.05) is 28.6 Å². The number of hydrogen-bond donors (Lipinski definition) is 1. The summed E-state index contributed by atoms with van der Waals surface area (Å²) in [5.41, 5.74) is 7.72. The van der Waals surface area contributed by atoms with Crippen LogP contribution in [0.25, 0.3) is 0 Å². The summed E-state index contributed by atoms with van der Waals surface area (Å²) in [4.78, 5) is 26.8. The summed E-state index contributed by atoms with van der Waals surface area (Å²) < 4.78 is 0.879. The van der Waals surface area contributed by atoms with Crippen molar-refractivity contribution in [3.8, 4) is 6.07 Å². The number of carbonyl (C=O) groups excluding carboxylic acids is 1. The third-order valence-electron chi connectivity index (χ3n) is 5.64. The van der Waals surface area contributed by atoms with Gasteiger partial charge in [0.2, 0.25) is 0 Å². The highest BCUT2D eigenvalue weighted by molar-refractivity contribution is 9.11. The van der Waals surface area contributed by atoms with E-state index in [4.69, 9.17) is 17.3 Å². The minimum absolute atomic E-state index is 0.00520. The Kier molecular flexibility index (Phi) is 5.65. The van der Waals surface area contributed by atoms with Crippen LogP contribution in [-0.2, 0) is 4.79 Å². The van der Waals surface area contributed by atoms with Crippen LogP contribution in [0.5, 0.6) is 0 Å². The molecule has 2 heterocycles. The fourth-order valence-corrected chi connectivity index (χ4v) is 6.08. The predicted octanol–water partition coefficient (Wildman–Crippen LogP) is 6.01. The summed E-state index contributed by atoms with van der Waals surface area (Å²) in [6.07, 6.45) is 0.856. The van der Waals surface area contributed by atoms with Gasteiger partial charge in [-0.15, -0.1) is 11.3 Å². The Balaban J connectivity index is 2.01. The van der Waals surface area contributed by atoms with Gasteiger partial charge in [0.25, 0.3) is 5.69 Å². The first-order valence-electron chi connectivity index (χ1n) is 9.69. The average molecular weight is 534 g/mol. The average Bonchev–Trinajstić information content (AvgIpc) is 3.12. The molecule has 0 radical (unpaired) electrons. The molecule has 2 aromatic rings. The first-order chi connectivity index (χ1) is 15.0. The third kappa shape index (κ3) is 3.72. The van der Waals surface area contributed by atoms with Crippen LogP contribution < -0.4 is 10.6 Å². The fraction of sp³-hybridized carbons (Fsp3) is 0.273. The van der Waals surface area contributed by atoms with Crippen LogP contribution in [0.2, 0.25) is 5.02 Å². The van der Waals surface area contributed by atoms with Crippen LogP contribution >= 0.6 is 38.9 Å². The zero-order chi connectivity index (χ0) is 23.4. The highest BCUT2D eigenvalue weighted by Gasteiger charge is 2.45. The molecular formula is C22H18BrClN4O3S.